The normalized spacial score (nSPS) is 23.4. The molecule has 0 spiro atoms. The third-order valence-electron chi connectivity index (χ3n) is 7.01. The topological polar surface area (TPSA) is 192 Å². The van der Waals surface area contributed by atoms with Gasteiger partial charge in [-0.15, -0.1) is 5.10 Å². The Morgan fingerprint density at radius 2 is 1.95 bits per heavy atom. The predicted molar refractivity (Wildman–Crippen MR) is 147 cm³/mol. The van der Waals surface area contributed by atoms with Crippen molar-refractivity contribution < 1.29 is 39.4 Å². The first-order valence-corrected chi connectivity index (χ1v) is 13.6. The van der Waals surface area contributed by atoms with Crippen LogP contribution in [0, 0.1) is 6.92 Å². The fourth-order valence-corrected chi connectivity index (χ4v) is 4.72. The lowest BCUT2D eigenvalue weighted by molar-refractivity contribution is -0.278. The molecule has 40 heavy (non-hydrogen) atoms. The van der Waals surface area contributed by atoms with Gasteiger partial charge in [0.25, 0.3) is 0 Å². The number of benzene rings is 1. The van der Waals surface area contributed by atoms with E-state index in [0.717, 1.165) is 34.6 Å². The summed E-state index contributed by atoms with van der Waals surface area (Å²) >= 11 is 0. The zero-order chi connectivity index (χ0) is 29.6. The average molecular weight is 565 g/mol. The Morgan fingerprint density at radius 1 is 1.23 bits per heavy atom. The van der Waals surface area contributed by atoms with Gasteiger partial charge in [-0.2, -0.15) is 0 Å². The van der Waals surface area contributed by atoms with E-state index in [1.165, 1.54) is 0 Å². The maximum Gasteiger partial charge on any atom is 0.238 e. The Hall–Kier alpha value is -2.74. The minimum Gasteiger partial charge on any atom is -0.494 e. The molecule has 5 atom stereocenters. The third kappa shape index (κ3) is 8.15. The predicted octanol–water partition coefficient (Wildman–Crippen LogP) is 0.624. The highest BCUT2D eigenvalue weighted by Crippen LogP contribution is 2.32. The van der Waals surface area contributed by atoms with Crippen molar-refractivity contribution in [3.63, 3.8) is 0 Å². The number of rotatable bonds is 14. The second kappa shape index (κ2) is 13.7. The van der Waals surface area contributed by atoms with E-state index in [0.29, 0.717) is 19.6 Å². The summed E-state index contributed by atoms with van der Waals surface area (Å²) in [6.07, 6.45) is -5.47. The van der Waals surface area contributed by atoms with Crippen LogP contribution in [0.2, 0.25) is 0 Å². The number of carbonyl (C=O) groups excluding carboxylic acids is 1. The highest BCUT2D eigenvalue weighted by molar-refractivity contribution is 5.75. The summed E-state index contributed by atoms with van der Waals surface area (Å²) in [4.78, 5) is 11.2. The van der Waals surface area contributed by atoms with Gasteiger partial charge in [-0.05, 0) is 62.9 Å². The van der Waals surface area contributed by atoms with Crippen LogP contribution in [0.1, 0.15) is 68.8 Å². The molecule has 1 aliphatic heterocycles. The van der Waals surface area contributed by atoms with Crippen LogP contribution >= 0.6 is 0 Å². The van der Waals surface area contributed by atoms with Gasteiger partial charge in [0.15, 0.2) is 0 Å². The van der Waals surface area contributed by atoms with E-state index in [-0.39, 0.29) is 29.7 Å². The summed E-state index contributed by atoms with van der Waals surface area (Å²) in [7, 11) is 0. The molecule has 1 saturated heterocycles. The molecule has 1 aromatic heterocycles. The Morgan fingerprint density at radius 3 is 2.58 bits per heavy atom. The highest BCUT2D eigenvalue weighted by Gasteiger charge is 2.45. The van der Waals surface area contributed by atoms with E-state index in [1.54, 1.807) is 0 Å². The van der Waals surface area contributed by atoms with Gasteiger partial charge < -0.3 is 45.7 Å². The lowest BCUT2D eigenvalue weighted by atomic mass is 9.96. The van der Waals surface area contributed by atoms with Gasteiger partial charge in [0.05, 0.1) is 13.2 Å². The molecule has 1 amide bonds. The first-order chi connectivity index (χ1) is 18.8. The van der Waals surface area contributed by atoms with Gasteiger partial charge in [-0.1, -0.05) is 19.9 Å². The van der Waals surface area contributed by atoms with E-state index < -0.39 is 37.3 Å². The SMILES string of the molecule is Cc1cc(OCCCNC(C)(C)CC(N)=O)ccc1Cc1c(O[C@@H]2O[C@H](CO)[C@H](O)[C@H](O)[C@H]2O)n[nH]c1C(C)C. The van der Waals surface area contributed by atoms with E-state index in [2.05, 4.69) is 15.5 Å². The lowest BCUT2D eigenvalue weighted by Gasteiger charge is -2.39. The van der Waals surface area contributed by atoms with Crippen molar-refractivity contribution in [3.8, 4) is 11.6 Å². The number of primary amides is 1. The monoisotopic (exact) mass is 564 g/mol. The molecule has 1 fully saturated rings. The molecule has 0 bridgehead atoms. The highest BCUT2D eigenvalue weighted by atomic mass is 16.7. The van der Waals surface area contributed by atoms with Crippen molar-refractivity contribution >= 4 is 5.91 Å². The Kier molecular flexibility index (Phi) is 10.9. The largest absolute Gasteiger partial charge is 0.494 e. The summed E-state index contributed by atoms with van der Waals surface area (Å²) in [5.74, 6) is 0.707. The molecule has 2 heterocycles. The number of carbonyl (C=O) groups is 1. The number of H-pyrrole nitrogens is 1. The summed E-state index contributed by atoms with van der Waals surface area (Å²) in [5, 5.41) is 50.7. The number of ether oxygens (including phenoxy) is 3. The molecule has 1 aromatic carbocycles. The number of aliphatic hydroxyl groups is 4. The van der Waals surface area contributed by atoms with Crippen LogP contribution in [-0.2, 0) is 16.0 Å². The molecule has 0 aliphatic carbocycles. The fourth-order valence-electron chi connectivity index (χ4n) is 4.72. The number of aliphatic hydroxyl groups excluding tert-OH is 4. The van der Waals surface area contributed by atoms with E-state index in [4.69, 9.17) is 19.9 Å². The standard InChI is InChI=1S/C28H44N4O8/c1-15(2)22-19(26(32-31-22)40-27-25(37)24(36)23(35)20(14-33)39-27)12-17-7-8-18(11-16(17)3)38-10-6-9-30-28(4,5)13-21(29)34/h7-8,11,15,20,23-25,27,30,33,35-37H,6,9-10,12-14H2,1-5H3,(H2,29,34)(H,31,32)/t20-,23+,24+,25-,27+/m1/s1. The van der Waals surface area contributed by atoms with Crippen LogP contribution in [0.5, 0.6) is 11.6 Å². The summed E-state index contributed by atoms with van der Waals surface area (Å²) in [5.41, 5.74) is 8.58. The molecule has 224 valence electrons. The molecule has 1 aliphatic rings. The number of amides is 1. The second-order valence-electron chi connectivity index (χ2n) is 11.3. The zero-order valence-electron chi connectivity index (χ0n) is 23.9. The minimum atomic E-state index is -1.55. The molecular formula is C28H44N4O8. The first-order valence-electron chi connectivity index (χ1n) is 13.6. The van der Waals surface area contributed by atoms with Crippen LogP contribution in [0.25, 0.3) is 0 Å². The number of nitrogens with two attached hydrogens (primary N) is 1. The molecule has 2 aromatic rings. The number of hydrogen-bond acceptors (Lipinski definition) is 10. The van der Waals surface area contributed by atoms with Crippen molar-refractivity contribution in [1.82, 2.24) is 15.5 Å². The maximum absolute atomic E-state index is 11.2. The number of aromatic nitrogens is 2. The quantitative estimate of drug-likeness (QED) is 0.160. The molecular weight excluding hydrogens is 520 g/mol. The average Bonchev–Trinajstić information content (AvgIpc) is 3.27. The van der Waals surface area contributed by atoms with Crippen molar-refractivity contribution in [2.45, 2.75) is 96.0 Å². The molecule has 0 unspecified atom stereocenters. The van der Waals surface area contributed by atoms with Gasteiger partial charge in [0.2, 0.25) is 18.1 Å². The van der Waals surface area contributed by atoms with Crippen LogP contribution in [0.15, 0.2) is 18.2 Å². The molecule has 8 N–H and O–H groups in total. The van der Waals surface area contributed by atoms with Crippen LogP contribution in [-0.4, -0.2) is 92.5 Å². The smallest absolute Gasteiger partial charge is 0.238 e. The van der Waals surface area contributed by atoms with Crippen LogP contribution < -0.4 is 20.5 Å². The minimum absolute atomic E-state index is 0.0964. The van der Waals surface area contributed by atoms with Crippen molar-refractivity contribution in [2.24, 2.45) is 5.73 Å². The van der Waals surface area contributed by atoms with Gasteiger partial charge in [-0.25, -0.2) is 0 Å². The fraction of sp³-hybridized carbons (Fsp3) is 0.643. The number of aryl methyl sites for hydroxylation is 1. The van der Waals surface area contributed by atoms with Crippen molar-refractivity contribution in [2.75, 3.05) is 19.8 Å². The van der Waals surface area contributed by atoms with Gasteiger partial charge >= 0.3 is 0 Å². The number of aromatic amines is 1. The van der Waals surface area contributed by atoms with Crippen LogP contribution in [0.3, 0.4) is 0 Å². The molecule has 12 nitrogen and oxygen atoms in total. The van der Waals surface area contributed by atoms with E-state index in [9.17, 15) is 25.2 Å². The number of nitrogens with one attached hydrogen (secondary N) is 2. The Bertz CT molecular complexity index is 1120. The summed E-state index contributed by atoms with van der Waals surface area (Å²) < 4.78 is 17.3. The van der Waals surface area contributed by atoms with Crippen molar-refractivity contribution in [1.29, 1.82) is 0 Å². The summed E-state index contributed by atoms with van der Waals surface area (Å²) in [6, 6.07) is 5.85. The molecule has 0 radical (unpaired) electrons. The molecule has 3 rings (SSSR count). The lowest BCUT2D eigenvalue weighted by Crippen LogP contribution is -2.60. The van der Waals surface area contributed by atoms with Gasteiger partial charge in [0.1, 0.15) is 30.2 Å². The summed E-state index contributed by atoms with van der Waals surface area (Å²) in [6.45, 7) is 10.5. The third-order valence-corrected chi connectivity index (χ3v) is 7.01. The van der Waals surface area contributed by atoms with Crippen molar-refractivity contribution in [3.05, 3.63) is 40.6 Å². The van der Waals surface area contributed by atoms with Crippen LogP contribution in [0.4, 0.5) is 0 Å². The number of nitrogens with zero attached hydrogens (tertiary/aromatic N) is 1. The second-order valence-corrected chi connectivity index (χ2v) is 11.3. The molecule has 12 heteroatoms. The molecule has 0 saturated carbocycles. The maximum atomic E-state index is 11.2. The van der Waals surface area contributed by atoms with Gasteiger partial charge in [-0.3, -0.25) is 9.89 Å². The van der Waals surface area contributed by atoms with E-state index in [1.807, 2.05) is 52.8 Å². The Labute approximate surface area is 234 Å². The van der Waals surface area contributed by atoms with E-state index >= 15 is 0 Å². The number of hydrogen-bond donors (Lipinski definition) is 7. The Balaban J connectivity index is 1.65. The first kappa shape index (κ1) is 31.8. The zero-order valence-corrected chi connectivity index (χ0v) is 23.9. The van der Waals surface area contributed by atoms with Gasteiger partial charge in [0, 0.05) is 29.6 Å².